The minimum Gasteiger partial charge on any atom is -0.478 e. The average Bonchev–Trinajstić information content (AvgIpc) is 3.01. The Hall–Kier alpha value is -3.57. The van der Waals surface area contributed by atoms with Gasteiger partial charge in [0.2, 0.25) is 0 Å². The molecule has 0 radical (unpaired) electrons. The van der Waals surface area contributed by atoms with Crippen molar-refractivity contribution in [3.05, 3.63) is 94.5 Å². The number of halogens is 1. The topological polar surface area (TPSA) is 78.4 Å². The van der Waals surface area contributed by atoms with Gasteiger partial charge in [-0.2, -0.15) is 0 Å². The number of anilines is 2. The van der Waals surface area contributed by atoms with Gasteiger partial charge in [0.05, 0.1) is 22.5 Å². The van der Waals surface area contributed by atoms with E-state index in [1.807, 2.05) is 36.4 Å². The van der Waals surface area contributed by atoms with Crippen LogP contribution in [0.5, 0.6) is 0 Å². The zero-order valence-electron chi connectivity index (χ0n) is 14.6. The average molecular weight is 391 g/mol. The number of rotatable bonds is 4. The molecule has 1 amide bonds. The van der Waals surface area contributed by atoms with Crippen molar-refractivity contribution in [2.45, 2.75) is 0 Å². The lowest BCUT2D eigenvalue weighted by atomic mass is 10.00. The fraction of sp³-hybridized carbons (Fsp3) is 0. The molecule has 0 fully saturated rings. The first kappa shape index (κ1) is 17.8. The number of nitrogens with one attached hydrogen (secondary N) is 2. The predicted octanol–water partition coefficient (Wildman–Crippen LogP) is 4.97. The van der Waals surface area contributed by atoms with Crippen LogP contribution in [0.2, 0.25) is 5.02 Å². The third kappa shape index (κ3) is 3.35. The molecule has 0 bridgehead atoms. The zero-order chi connectivity index (χ0) is 19.7. The van der Waals surface area contributed by atoms with Crippen LogP contribution in [0, 0.1) is 0 Å². The third-order valence-corrected chi connectivity index (χ3v) is 4.67. The Kier molecular flexibility index (Phi) is 4.59. The summed E-state index contributed by atoms with van der Waals surface area (Å²) in [6.07, 6.45) is 0. The van der Waals surface area contributed by atoms with Gasteiger partial charge in [0, 0.05) is 16.3 Å². The Balaban J connectivity index is 1.85. The maximum atomic E-state index is 12.8. The van der Waals surface area contributed by atoms with E-state index in [1.165, 1.54) is 12.1 Å². The molecular weight excluding hydrogens is 376 g/mol. The highest BCUT2D eigenvalue weighted by Crippen LogP contribution is 2.38. The molecule has 28 heavy (non-hydrogen) atoms. The second kappa shape index (κ2) is 7.21. The van der Waals surface area contributed by atoms with Crippen molar-refractivity contribution >= 4 is 46.1 Å². The van der Waals surface area contributed by atoms with Crippen LogP contribution in [-0.4, -0.2) is 17.0 Å². The SMILES string of the molecule is O=C1Nc2cc(Cl)ccc2/C1=C(/Nc1ccc(C(=O)O)cc1)c1ccccc1. The van der Waals surface area contributed by atoms with Gasteiger partial charge >= 0.3 is 5.97 Å². The zero-order valence-corrected chi connectivity index (χ0v) is 15.3. The first-order chi connectivity index (χ1) is 13.5. The van der Waals surface area contributed by atoms with Crippen molar-refractivity contribution < 1.29 is 14.7 Å². The Labute approximate surface area is 166 Å². The van der Waals surface area contributed by atoms with Crippen LogP contribution in [0.3, 0.4) is 0 Å². The highest BCUT2D eigenvalue weighted by atomic mass is 35.5. The largest absolute Gasteiger partial charge is 0.478 e. The molecule has 3 aromatic rings. The maximum absolute atomic E-state index is 12.8. The van der Waals surface area contributed by atoms with Crippen molar-refractivity contribution in [2.75, 3.05) is 10.6 Å². The summed E-state index contributed by atoms with van der Waals surface area (Å²) in [5.74, 6) is -1.22. The molecule has 1 aliphatic heterocycles. The first-order valence-corrected chi connectivity index (χ1v) is 8.92. The Bertz CT molecular complexity index is 1110. The first-order valence-electron chi connectivity index (χ1n) is 8.54. The molecule has 5 nitrogen and oxygen atoms in total. The fourth-order valence-electron chi connectivity index (χ4n) is 3.12. The van der Waals surface area contributed by atoms with Crippen LogP contribution in [-0.2, 0) is 4.79 Å². The Morgan fingerprint density at radius 2 is 1.64 bits per heavy atom. The lowest BCUT2D eigenvalue weighted by Gasteiger charge is -2.15. The van der Waals surface area contributed by atoms with Crippen molar-refractivity contribution in [3.8, 4) is 0 Å². The van der Waals surface area contributed by atoms with Crippen molar-refractivity contribution in [1.82, 2.24) is 0 Å². The van der Waals surface area contributed by atoms with Crippen LogP contribution in [0.1, 0.15) is 21.5 Å². The van der Waals surface area contributed by atoms with Gasteiger partial charge in [0.1, 0.15) is 0 Å². The normalized spacial score (nSPS) is 14.2. The predicted molar refractivity (Wildman–Crippen MR) is 110 cm³/mol. The van der Waals surface area contributed by atoms with Crippen molar-refractivity contribution in [3.63, 3.8) is 0 Å². The monoisotopic (exact) mass is 390 g/mol. The van der Waals surface area contributed by atoms with E-state index in [2.05, 4.69) is 10.6 Å². The van der Waals surface area contributed by atoms with Crippen LogP contribution in [0.4, 0.5) is 11.4 Å². The molecule has 0 aliphatic carbocycles. The fourth-order valence-corrected chi connectivity index (χ4v) is 3.29. The molecule has 0 saturated heterocycles. The number of carbonyl (C=O) groups excluding carboxylic acids is 1. The van der Waals surface area contributed by atoms with E-state index < -0.39 is 5.97 Å². The van der Waals surface area contributed by atoms with Gasteiger partial charge in [0.15, 0.2) is 0 Å². The van der Waals surface area contributed by atoms with Crippen LogP contribution in [0.25, 0.3) is 11.3 Å². The Morgan fingerprint density at radius 1 is 0.929 bits per heavy atom. The summed E-state index contributed by atoms with van der Waals surface area (Å²) in [7, 11) is 0. The van der Waals surface area contributed by atoms with Crippen LogP contribution < -0.4 is 10.6 Å². The highest BCUT2D eigenvalue weighted by Gasteiger charge is 2.28. The standard InChI is InChI=1S/C22H15ClN2O3/c23-15-8-11-17-18(12-15)25-21(26)19(17)20(13-4-2-1-3-5-13)24-16-9-6-14(7-10-16)22(27)28/h1-12,24H,(H,25,26)(H,27,28)/b20-19-. The van der Waals surface area contributed by atoms with E-state index in [0.717, 1.165) is 11.1 Å². The van der Waals surface area contributed by atoms with Gasteiger partial charge in [-0.1, -0.05) is 48.0 Å². The lowest BCUT2D eigenvalue weighted by molar-refractivity contribution is -0.110. The highest BCUT2D eigenvalue weighted by molar-refractivity contribution is 6.38. The molecule has 3 aromatic carbocycles. The maximum Gasteiger partial charge on any atom is 0.335 e. The number of carbonyl (C=O) groups is 2. The summed E-state index contributed by atoms with van der Waals surface area (Å²) in [6.45, 7) is 0. The lowest BCUT2D eigenvalue weighted by Crippen LogP contribution is -2.10. The second-order valence-corrected chi connectivity index (χ2v) is 6.70. The minimum atomic E-state index is -0.992. The number of fused-ring (bicyclic) bond motifs is 1. The summed E-state index contributed by atoms with van der Waals surface area (Å²) in [4.78, 5) is 23.8. The summed E-state index contributed by atoms with van der Waals surface area (Å²) < 4.78 is 0. The molecule has 4 rings (SSSR count). The summed E-state index contributed by atoms with van der Waals surface area (Å²) in [6, 6.07) is 21.1. The molecule has 0 spiro atoms. The smallest absolute Gasteiger partial charge is 0.335 e. The second-order valence-electron chi connectivity index (χ2n) is 6.27. The van der Waals surface area contributed by atoms with Gasteiger partial charge < -0.3 is 15.7 Å². The van der Waals surface area contributed by atoms with Gasteiger partial charge in [0.25, 0.3) is 5.91 Å². The number of carboxylic acids is 1. The molecule has 0 unspecified atom stereocenters. The van der Waals surface area contributed by atoms with Gasteiger partial charge in [-0.15, -0.1) is 0 Å². The van der Waals surface area contributed by atoms with E-state index in [1.54, 1.807) is 24.3 Å². The van der Waals surface area contributed by atoms with Crippen molar-refractivity contribution in [2.24, 2.45) is 0 Å². The summed E-state index contributed by atoms with van der Waals surface area (Å²) in [5.41, 5.74) is 4.23. The van der Waals surface area contributed by atoms with Gasteiger partial charge in [-0.3, -0.25) is 4.79 Å². The molecule has 6 heteroatoms. The van der Waals surface area contributed by atoms with E-state index in [-0.39, 0.29) is 11.5 Å². The molecular formula is C22H15ClN2O3. The number of aromatic carboxylic acids is 1. The molecule has 3 N–H and O–H groups in total. The molecule has 1 heterocycles. The number of amides is 1. The van der Waals surface area contributed by atoms with E-state index in [4.69, 9.17) is 16.7 Å². The summed E-state index contributed by atoms with van der Waals surface area (Å²) >= 11 is 6.05. The molecule has 1 aliphatic rings. The number of carboxylic acid groups (broad SMARTS) is 1. The van der Waals surface area contributed by atoms with E-state index in [9.17, 15) is 9.59 Å². The number of hydrogen-bond acceptors (Lipinski definition) is 3. The van der Waals surface area contributed by atoms with Gasteiger partial charge in [-0.25, -0.2) is 4.79 Å². The minimum absolute atomic E-state index is 0.193. The number of benzene rings is 3. The van der Waals surface area contributed by atoms with E-state index >= 15 is 0 Å². The molecule has 138 valence electrons. The van der Waals surface area contributed by atoms with E-state index in [0.29, 0.717) is 27.7 Å². The molecule has 0 atom stereocenters. The third-order valence-electron chi connectivity index (χ3n) is 4.44. The molecule has 0 aromatic heterocycles. The van der Waals surface area contributed by atoms with Crippen molar-refractivity contribution in [1.29, 1.82) is 0 Å². The van der Waals surface area contributed by atoms with Crippen LogP contribution >= 0.6 is 11.6 Å². The Morgan fingerprint density at radius 3 is 2.32 bits per heavy atom. The molecule has 0 saturated carbocycles. The quantitative estimate of drug-likeness (QED) is 0.549. The van der Waals surface area contributed by atoms with Gasteiger partial charge in [-0.05, 0) is 42.0 Å². The van der Waals surface area contributed by atoms with Crippen LogP contribution in [0.15, 0.2) is 72.8 Å². The summed E-state index contributed by atoms with van der Waals surface area (Å²) in [5, 5.41) is 15.8. The number of hydrogen-bond donors (Lipinski definition) is 3.